The molecule has 0 aliphatic heterocycles. The van der Waals surface area contributed by atoms with E-state index in [1.54, 1.807) is 27.0 Å². The van der Waals surface area contributed by atoms with E-state index in [-0.39, 0.29) is 11.9 Å². The molecule has 19 heavy (non-hydrogen) atoms. The van der Waals surface area contributed by atoms with Gasteiger partial charge in [-0.25, -0.2) is 12.8 Å². The van der Waals surface area contributed by atoms with Crippen LogP contribution in [0.2, 0.25) is 0 Å². The van der Waals surface area contributed by atoms with Gasteiger partial charge in [-0.1, -0.05) is 6.07 Å². The third kappa shape index (κ3) is 3.54. The Morgan fingerprint density at radius 2 is 1.95 bits per heavy atom. The van der Waals surface area contributed by atoms with Crippen LogP contribution in [0.5, 0.6) is 0 Å². The van der Waals surface area contributed by atoms with Crippen molar-refractivity contribution in [2.75, 3.05) is 13.3 Å². The molecule has 0 spiro atoms. The molecule has 0 bridgehead atoms. The first kappa shape index (κ1) is 16.1. The van der Waals surface area contributed by atoms with Crippen molar-refractivity contribution in [2.24, 2.45) is 0 Å². The van der Waals surface area contributed by atoms with Gasteiger partial charge in [0.15, 0.2) is 9.84 Å². The van der Waals surface area contributed by atoms with Crippen molar-refractivity contribution in [3.63, 3.8) is 0 Å². The predicted octanol–water partition coefficient (Wildman–Crippen LogP) is 2.09. The van der Waals surface area contributed by atoms with Crippen LogP contribution in [0.4, 0.5) is 4.39 Å². The topological polar surface area (TPSA) is 46.2 Å². The summed E-state index contributed by atoms with van der Waals surface area (Å²) in [4.78, 5) is 0. The Labute approximate surface area is 115 Å². The number of aryl methyl sites for hydroxylation is 1. The molecule has 108 valence electrons. The average molecular weight is 287 g/mol. The number of likely N-dealkylation sites (N-methyl/N-ethyl adjacent to an activating group) is 1. The van der Waals surface area contributed by atoms with E-state index >= 15 is 0 Å². The van der Waals surface area contributed by atoms with Crippen molar-refractivity contribution in [2.45, 2.75) is 38.0 Å². The van der Waals surface area contributed by atoms with Crippen molar-refractivity contribution in [3.8, 4) is 0 Å². The molecule has 1 unspecified atom stereocenters. The minimum absolute atomic E-state index is 0.275. The van der Waals surface area contributed by atoms with E-state index in [0.29, 0.717) is 6.42 Å². The van der Waals surface area contributed by atoms with Gasteiger partial charge in [-0.05, 0) is 57.5 Å². The molecule has 1 aromatic carbocycles. The van der Waals surface area contributed by atoms with E-state index in [0.717, 1.165) is 11.1 Å². The monoisotopic (exact) mass is 287 g/mol. The van der Waals surface area contributed by atoms with Crippen molar-refractivity contribution in [3.05, 3.63) is 35.1 Å². The van der Waals surface area contributed by atoms with Crippen LogP contribution in [0.15, 0.2) is 18.2 Å². The highest BCUT2D eigenvalue weighted by Crippen LogP contribution is 2.24. The Kier molecular flexibility index (Phi) is 4.74. The molecule has 1 aromatic rings. The third-order valence-electron chi connectivity index (χ3n) is 3.88. The fourth-order valence-corrected chi connectivity index (χ4v) is 2.75. The summed E-state index contributed by atoms with van der Waals surface area (Å²) in [7, 11) is -1.48. The first-order valence-electron chi connectivity index (χ1n) is 6.21. The van der Waals surface area contributed by atoms with Crippen molar-refractivity contribution >= 4 is 9.84 Å². The van der Waals surface area contributed by atoms with Crippen molar-refractivity contribution in [1.29, 1.82) is 0 Å². The minimum atomic E-state index is -3.21. The van der Waals surface area contributed by atoms with Gasteiger partial charge in [-0.3, -0.25) is 0 Å². The highest BCUT2D eigenvalue weighted by molar-refractivity contribution is 7.92. The molecule has 0 fully saturated rings. The second-order valence-electron chi connectivity index (χ2n) is 5.49. The lowest BCUT2D eigenvalue weighted by molar-refractivity contribution is 0.429. The van der Waals surface area contributed by atoms with Gasteiger partial charge >= 0.3 is 0 Å². The van der Waals surface area contributed by atoms with E-state index in [1.807, 2.05) is 6.92 Å². The minimum Gasteiger partial charge on any atom is -0.315 e. The van der Waals surface area contributed by atoms with E-state index in [9.17, 15) is 12.8 Å². The summed E-state index contributed by atoms with van der Waals surface area (Å²) < 4.78 is 36.1. The lowest BCUT2D eigenvalue weighted by Crippen LogP contribution is -2.51. The molecule has 0 saturated heterocycles. The van der Waals surface area contributed by atoms with Crippen LogP contribution in [0.1, 0.15) is 25.0 Å². The molecule has 0 aromatic heterocycles. The fourth-order valence-electron chi connectivity index (χ4n) is 2.03. The van der Waals surface area contributed by atoms with Gasteiger partial charge in [0.1, 0.15) is 5.82 Å². The molecular formula is C14H22FNO2S. The van der Waals surface area contributed by atoms with E-state index in [1.165, 1.54) is 18.4 Å². The number of halogens is 1. The molecule has 0 radical (unpaired) electrons. The summed E-state index contributed by atoms with van der Waals surface area (Å²) in [6, 6.07) is 4.32. The van der Waals surface area contributed by atoms with Crippen LogP contribution >= 0.6 is 0 Å². The second-order valence-corrected chi connectivity index (χ2v) is 8.09. The number of nitrogens with one attached hydrogen (secondary N) is 1. The molecule has 3 nitrogen and oxygen atoms in total. The van der Waals surface area contributed by atoms with E-state index < -0.39 is 14.6 Å². The number of benzene rings is 1. The first-order valence-corrected chi connectivity index (χ1v) is 8.10. The van der Waals surface area contributed by atoms with Gasteiger partial charge in [-0.15, -0.1) is 0 Å². The normalized spacial score (nSPS) is 14.4. The molecule has 0 saturated carbocycles. The number of sulfone groups is 1. The summed E-state index contributed by atoms with van der Waals surface area (Å²) >= 11 is 0. The summed E-state index contributed by atoms with van der Waals surface area (Å²) in [6.45, 7) is 5.28. The van der Waals surface area contributed by atoms with Gasteiger partial charge in [0.05, 0.1) is 4.75 Å². The van der Waals surface area contributed by atoms with Crippen LogP contribution in [0.3, 0.4) is 0 Å². The molecule has 0 aliphatic carbocycles. The van der Waals surface area contributed by atoms with Gasteiger partial charge in [0.25, 0.3) is 0 Å². The highest BCUT2D eigenvalue weighted by atomic mass is 32.2. The standard InChI is InChI=1S/C14H22FNO2S/c1-10-6-7-12(15)8-11(10)9-13(16-4)14(2,3)19(5,17)18/h6-8,13,16H,9H2,1-5H3. The average Bonchev–Trinajstić information content (AvgIpc) is 2.28. The predicted molar refractivity (Wildman–Crippen MR) is 76.6 cm³/mol. The molecule has 0 heterocycles. The van der Waals surface area contributed by atoms with Crippen LogP contribution in [0, 0.1) is 12.7 Å². The second kappa shape index (κ2) is 5.59. The number of hydrogen-bond donors (Lipinski definition) is 1. The van der Waals surface area contributed by atoms with Crippen LogP contribution in [0.25, 0.3) is 0 Å². The number of hydrogen-bond acceptors (Lipinski definition) is 3. The van der Waals surface area contributed by atoms with Crippen LogP contribution < -0.4 is 5.32 Å². The SMILES string of the molecule is CNC(Cc1cc(F)ccc1C)C(C)(C)S(C)(=O)=O. The fraction of sp³-hybridized carbons (Fsp3) is 0.571. The molecule has 5 heteroatoms. The van der Waals surface area contributed by atoms with E-state index in [2.05, 4.69) is 5.32 Å². The molecule has 1 rings (SSSR count). The molecule has 0 amide bonds. The molecule has 1 atom stereocenters. The molecule has 1 N–H and O–H groups in total. The van der Waals surface area contributed by atoms with Gasteiger partial charge in [0, 0.05) is 12.3 Å². The maximum atomic E-state index is 13.3. The Bertz CT molecular complexity index is 553. The smallest absolute Gasteiger partial charge is 0.154 e. The summed E-state index contributed by atoms with van der Waals surface area (Å²) in [5, 5.41) is 3.04. The Balaban J connectivity index is 3.10. The summed E-state index contributed by atoms with van der Waals surface area (Å²) in [5.74, 6) is -0.299. The maximum absolute atomic E-state index is 13.3. The highest BCUT2D eigenvalue weighted by Gasteiger charge is 2.38. The third-order valence-corrected chi connectivity index (χ3v) is 6.07. The largest absolute Gasteiger partial charge is 0.315 e. The maximum Gasteiger partial charge on any atom is 0.154 e. The zero-order valence-electron chi connectivity index (χ0n) is 12.1. The van der Waals surface area contributed by atoms with Gasteiger partial charge in [0.2, 0.25) is 0 Å². The van der Waals surface area contributed by atoms with Gasteiger partial charge in [-0.2, -0.15) is 0 Å². The Morgan fingerprint density at radius 1 is 1.37 bits per heavy atom. The molecular weight excluding hydrogens is 265 g/mol. The van der Waals surface area contributed by atoms with Gasteiger partial charge < -0.3 is 5.32 Å². The summed E-state index contributed by atoms with van der Waals surface area (Å²) in [5.41, 5.74) is 1.79. The Morgan fingerprint density at radius 3 is 2.42 bits per heavy atom. The molecule has 0 aliphatic rings. The van der Waals surface area contributed by atoms with Crippen LogP contribution in [-0.4, -0.2) is 32.5 Å². The van der Waals surface area contributed by atoms with Crippen molar-refractivity contribution < 1.29 is 12.8 Å². The zero-order chi connectivity index (χ0) is 14.8. The van der Waals surface area contributed by atoms with Crippen LogP contribution in [-0.2, 0) is 16.3 Å². The zero-order valence-corrected chi connectivity index (χ0v) is 12.9. The van der Waals surface area contributed by atoms with E-state index in [4.69, 9.17) is 0 Å². The number of rotatable bonds is 5. The van der Waals surface area contributed by atoms with Crippen molar-refractivity contribution in [1.82, 2.24) is 5.32 Å². The lowest BCUT2D eigenvalue weighted by atomic mass is 9.93. The summed E-state index contributed by atoms with van der Waals surface area (Å²) in [6.07, 6.45) is 1.70. The quantitative estimate of drug-likeness (QED) is 0.902. The first-order chi connectivity index (χ1) is 8.59. The Hall–Kier alpha value is -0.940. The lowest BCUT2D eigenvalue weighted by Gasteiger charge is -2.33.